The first-order valence-corrected chi connectivity index (χ1v) is 9.59. The van der Waals surface area contributed by atoms with Crippen LogP contribution in [0.5, 0.6) is 0 Å². The van der Waals surface area contributed by atoms with Gasteiger partial charge in [0.2, 0.25) is 11.8 Å². The van der Waals surface area contributed by atoms with Crippen molar-refractivity contribution in [2.24, 2.45) is 5.84 Å². The molecule has 31 heavy (non-hydrogen) atoms. The molecule has 1 atom stereocenters. The minimum absolute atomic E-state index is 0.0150. The number of nitrogens with one attached hydrogen (secondary N) is 3. The van der Waals surface area contributed by atoms with Gasteiger partial charge in [-0.25, -0.2) is 0 Å². The standard InChI is InChI=1S/C21H19N5O5/c22-25-13-6-4-11(5-7-13)18(28)23-10-12-2-1-3-14-17(12)21(31)26(20(14)30)15-8-9-16(27)24-19(15)29/h1-7,15,25H,8-10,22H2,(H,23,28)(H,24,27,29). The molecule has 2 heterocycles. The second kappa shape index (κ2) is 8.00. The molecular weight excluding hydrogens is 402 g/mol. The van der Waals surface area contributed by atoms with E-state index in [1.54, 1.807) is 36.4 Å². The lowest BCUT2D eigenvalue weighted by molar-refractivity contribution is -0.136. The number of nitrogens with zero attached hydrogens (tertiary/aromatic N) is 1. The molecule has 10 nitrogen and oxygen atoms in total. The van der Waals surface area contributed by atoms with E-state index >= 15 is 0 Å². The molecule has 10 heteroatoms. The second-order valence-corrected chi connectivity index (χ2v) is 7.19. The number of amides is 5. The van der Waals surface area contributed by atoms with E-state index in [0.717, 1.165) is 4.90 Å². The number of benzene rings is 2. The molecule has 1 fully saturated rings. The number of hydrogen-bond acceptors (Lipinski definition) is 7. The second-order valence-electron chi connectivity index (χ2n) is 7.19. The molecule has 2 aromatic rings. The van der Waals surface area contributed by atoms with Gasteiger partial charge in [-0.1, -0.05) is 12.1 Å². The summed E-state index contributed by atoms with van der Waals surface area (Å²) in [6.45, 7) is 0.0150. The van der Waals surface area contributed by atoms with Crippen LogP contribution in [0.1, 0.15) is 49.5 Å². The van der Waals surface area contributed by atoms with Gasteiger partial charge >= 0.3 is 0 Å². The van der Waals surface area contributed by atoms with Crippen LogP contribution in [0, 0.1) is 0 Å². The zero-order valence-electron chi connectivity index (χ0n) is 16.3. The molecule has 5 N–H and O–H groups in total. The third kappa shape index (κ3) is 3.64. The van der Waals surface area contributed by atoms with Gasteiger partial charge in [-0.05, 0) is 42.3 Å². The number of hydrogen-bond donors (Lipinski definition) is 4. The van der Waals surface area contributed by atoms with E-state index in [2.05, 4.69) is 16.1 Å². The molecule has 0 bridgehead atoms. The number of imide groups is 2. The average molecular weight is 421 g/mol. The van der Waals surface area contributed by atoms with E-state index in [0.29, 0.717) is 16.8 Å². The number of nitrogen functional groups attached to an aromatic ring is 1. The molecule has 1 saturated heterocycles. The minimum Gasteiger partial charge on any atom is -0.348 e. The summed E-state index contributed by atoms with van der Waals surface area (Å²) < 4.78 is 0. The first kappa shape index (κ1) is 20.2. The molecule has 0 aromatic heterocycles. The number of anilines is 1. The Kier molecular flexibility index (Phi) is 5.22. The average Bonchev–Trinajstić information content (AvgIpc) is 3.03. The molecule has 1 unspecified atom stereocenters. The fourth-order valence-corrected chi connectivity index (χ4v) is 3.73. The third-order valence-corrected chi connectivity index (χ3v) is 5.31. The topological polar surface area (TPSA) is 151 Å². The van der Waals surface area contributed by atoms with Gasteiger partial charge in [0.15, 0.2) is 0 Å². The van der Waals surface area contributed by atoms with Gasteiger partial charge in [-0.2, -0.15) is 0 Å². The van der Waals surface area contributed by atoms with Crippen molar-refractivity contribution < 1.29 is 24.0 Å². The van der Waals surface area contributed by atoms with Crippen LogP contribution in [0.2, 0.25) is 0 Å². The van der Waals surface area contributed by atoms with E-state index in [9.17, 15) is 24.0 Å². The van der Waals surface area contributed by atoms with Gasteiger partial charge in [-0.3, -0.25) is 40.0 Å². The van der Waals surface area contributed by atoms with Crippen LogP contribution in [0.25, 0.3) is 0 Å². The van der Waals surface area contributed by atoms with Crippen molar-refractivity contribution in [1.29, 1.82) is 0 Å². The van der Waals surface area contributed by atoms with Crippen LogP contribution in [0.3, 0.4) is 0 Å². The van der Waals surface area contributed by atoms with Gasteiger partial charge in [0.1, 0.15) is 6.04 Å². The number of rotatable bonds is 5. The zero-order valence-corrected chi connectivity index (χ0v) is 16.3. The number of piperidine rings is 1. The lowest BCUT2D eigenvalue weighted by atomic mass is 10.0. The van der Waals surface area contributed by atoms with Gasteiger partial charge < -0.3 is 10.7 Å². The third-order valence-electron chi connectivity index (χ3n) is 5.31. The van der Waals surface area contributed by atoms with Crippen LogP contribution in [0.4, 0.5) is 5.69 Å². The van der Waals surface area contributed by atoms with Gasteiger partial charge in [0.05, 0.1) is 11.1 Å². The molecule has 0 spiro atoms. The first-order chi connectivity index (χ1) is 14.9. The molecule has 4 rings (SSSR count). The summed E-state index contributed by atoms with van der Waals surface area (Å²) in [4.78, 5) is 62.8. The maximum Gasteiger partial charge on any atom is 0.262 e. The summed E-state index contributed by atoms with van der Waals surface area (Å²) in [5.74, 6) is 2.64. The van der Waals surface area contributed by atoms with Crippen molar-refractivity contribution in [2.45, 2.75) is 25.4 Å². The van der Waals surface area contributed by atoms with Gasteiger partial charge in [0, 0.05) is 24.2 Å². The van der Waals surface area contributed by atoms with Crippen molar-refractivity contribution in [1.82, 2.24) is 15.5 Å². The number of fused-ring (bicyclic) bond motifs is 1. The van der Waals surface area contributed by atoms with Crippen molar-refractivity contribution >= 4 is 35.2 Å². The largest absolute Gasteiger partial charge is 0.348 e. The summed E-state index contributed by atoms with van der Waals surface area (Å²) in [6.07, 6.45) is 0.126. The Labute approximate surface area is 176 Å². The van der Waals surface area contributed by atoms with Crippen molar-refractivity contribution in [3.8, 4) is 0 Å². The Morgan fingerprint density at radius 1 is 1.06 bits per heavy atom. The number of carbonyl (C=O) groups excluding carboxylic acids is 5. The van der Waals surface area contributed by atoms with Crippen molar-refractivity contribution in [3.05, 3.63) is 64.7 Å². The summed E-state index contributed by atoms with van der Waals surface area (Å²) in [6, 6.07) is 10.2. The monoisotopic (exact) mass is 421 g/mol. The number of carbonyl (C=O) groups is 5. The lowest BCUT2D eigenvalue weighted by Crippen LogP contribution is -2.54. The summed E-state index contributed by atoms with van der Waals surface area (Å²) in [5.41, 5.74) is 4.30. The molecule has 158 valence electrons. The Morgan fingerprint density at radius 2 is 1.81 bits per heavy atom. The maximum absolute atomic E-state index is 13.0. The lowest BCUT2D eigenvalue weighted by Gasteiger charge is -2.27. The summed E-state index contributed by atoms with van der Waals surface area (Å²) in [5, 5.41) is 4.89. The highest BCUT2D eigenvalue weighted by Crippen LogP contribution is 2.30. The molecule has 2 aromatic carbocycles. The van der Waals surface area contributed by atoms with Crippen molar-refractivity contribution in [3.63, 3.8) is 0 Å². The Bertz CT molecular complexity index is 1110. The van der Waals surface area contributed by atoms with Crippen LogP contribution < -0.4 is 21.9 Å². The fraction of sp³-hybridized carbons (Fsp3) is 0.190. The smallest absolute Gasteiger partial charge is 0.262 e. The van der Waals surface area contributed by atoms with Crippen LogP contribution in [-0.4, -0.2) is 40.5 Å². The zero-order chi connectivity index (χ0) is 22.1. The number of nitrogens with two attached hydrogens (primary N) is 1. The first-order valence-electron chi connectivity index (χ1n) is 9.59. The molecular formula is C21H19N5O5. The molecule has 2 aliphatic heterocycles. The van der Waals surface area contributed by atoms with E-state index in [4.69, 9.17) is 5.84 Å². The summed E-state index contributed by atoms with van der Waals surface area (Å²) >= 11 is 0. The van der Waals surface area contributed by atoms with E-state index < -0.39 is 29.7 Å². The molecule has 2 aliphatic rings. The molecule has 5 amide bonds. The maximum atomic E-state index is 13.0. The quantitative estimate of drug-likeness (QED) is 0.308. The predicted octanol–water partition coefficient (Wildman–Crippen LogP) is 0.303. The normalized spacial score (nSPS) is 18.0. The Morgan fingerprint density at radius 3 is 2.48 bits per heavy atom. The van der Waals surface area contributed by atoms with E-state index in [1.165, 1.54) is 6.07 Å². The molecule has 0 saturated carbocycles. The minimum atomic E-state index is -1.04. The summed E-state index contributed by atoms with van der Waals surface area (Å²) in [7, 11) is 0. The highest BCUT2D eigenvalue weighted by atomic mass is 16.2. The highest BCUT2D eigenvalue weighted by Gasteiger charge is 2.45. The predicted molar refractivity (Wildman–Crippen MR) is 109 cm³/mol. The number of hydrazine groups is 1. The van der Waals surface area contributed by atoms with Crippen molar-refractivity contribution in [2.75, 3.05) is 5.43 Å². The fourth-order valence-electron chi connectivity index (χ4n) is 3.73. The van der Waals surface area contributed by atoms with E-state index in [-0.39, 0.29) is 36.4 Å². The van der Waals surface area contributed by atoms with E-state index in [1.807, 2.05) is 0 Å². The van der Waals surface area contributed by atoms with Gasteiger partial charge in [-0.15, -0.1) is 0 Å². The highest BCUT2D eigenvalue weighted by molar-refractivity contribution is 6.24. The molecule has 0 radical (unpaired) electrons. The Hall–Kier alpha value is -4.05. The van der Waals surface area contributed by atoms with Crippen LogP contribution >= 0.6 is 0 Å². The van der Waals surface area contributed by atoms with Crippen LogP contribution in [0.15, 0.2) is 42.5 Å². The SMILES string of the molecule is NNc1ccc(C(=O)NCc2cccc3c2C(=O)N(C2CCC(=O)NC2=O)C3=O)cc1. The molecule has 0 aliphatic carbocycles. The van der Waals surface area contributed by atoms with Gasteiger partial charge in [0.25, 0.3) is 17.7 Å². The Balaban J connectivity index is 1.53. The van der Waals surface area contributed by atoms with Crippen LogP contribution in [-0.2, 0) is 16.1 Å².